The van der Waals surface area contributed by atoms with Gasteiger partial charge in [-0.3, -0.25) is 4.79 Å². The normalized spacial score (nSPS) is 23.9. The third kappa shape index (κ3) is 2.81. The first-order valence-corrected chi connectivity index (χ1v) is 8.15. The lowest BCUT2D eigenvalue weighted by Gasteiger charge is -2.36. The van der Waals surface area contributed by atoms with Crippen LogP contribution in [-0.2, 0) is 11.2 Å². The van der Waals surface area contributed by atoms with Crippen LogP contribution in [0.5, 0.6) is 5.75 Å². The van der Waals surface area contributed by atoms with E-state index in [1.165, 1.54) is 0 Å². The van der Waals surface area contributed by atoms with E-state index >= 15 is 0 Å². The van der Waals surface area contributed by atoms with E-state index < -0.39 is 0 Å². The maximum atomic E-state index is 12.9. The van der Waals surface area contributed by atoms with Gasteiger partial charge in [-0.05, 0) is 30.9 Å². The van der Waals surface area contributed by atoms with Gasteiger partial charge < -0.3 is 9.64 Å². The van der Waals surface area contributed by atoms with Crippen molar-refractivity contribution in [2.45, 2.75) is 25.3 Å². The van der Waals surface area contributed by atoms with Gasteiger partial charge in [0, 0.05) is 13.1 Å². The van der Waals surface area contributed by atoms with Gasteiger partial charge in [0.25, 0.3) is 0 Å². The maximum Gasteiger partial charge on any atom is 0.229 e. The van der Waals surface area contributed by atoms with Crippen LogP contribution < -0.4 is 4.74 Å². The molecule has 120 valence electrons. The predicted octanol–water partition coefficient (Wildman–Crippen LogP) is 1.69. The van der Waals surface area contributed by atoms with Crippen molar-refractivity contribution in [3.63, 3.8) is 0 Å². The van der Waals surface area contributed by atoms with Crippen LogP contribution in [-0.4, -0.2) is 45.3 Å². The van der Waals surface area contributed by atoms with Crippen molar-refractivity contribution < 1.29 is 9.53 Å². The summed E-state index contributed by atoms with van der Waals surface area (Å²) in [6, 6.07) is 8.21. The van der Waals surface area contributed by atoms with E-state index in [0.717, 1.165) is 37.1 Å². The molecule has 1 amide bonds. The molecular weight excluding hydrogens is 292 g/mol. The average molecular weight is 312 g/mol. The fourth-order valence-electron chi connectivity index (χ4n) is 3.52. The largest absolute Gasteiger partial charge is 0.492 e. The van der Waals surface area contributed by atoms with E-state index in [-0.39, 0.29) is 17.9 Å². The van der Waals surface area contributed by atoms with Crippen molar-refractivity contribution in [1.82, 2.24) is 19.7 Å². The molecule has 1 aromatic heterocycles. The van der Waals surface area contributed by atoms with Crippen molar-refractivity contribution in [1.29, 1.82) is 0 Å². The monoisotopic (exact) mass is 312 g/mol. The second-order valence-electron chi connectivity index (χ2n) is 6.28. The standard InChI is InChI=1S/C17H20N4O2/c22-17(14-8-13-4-1-2-6-16(13)23-10-14)20-7-3-5-15(9-20)21-12-18-11-19-21/h1-2,4,6,11-12,14-15H,3,5,7-10H2. The Hall–Kier alpha value is -2.37. The molecule has 2 aliphatic rings. The summed E-state index contributed by atoms with van der Waals surface area (Å²) < 4.78 is 7.64. The molecule has 2 atom stereocenters. The first-order valence-electron chi connectivity index (χ1n) is 8.15. The van der Waals surface area contributed by atoms with Crippen LogP contribution in [0.4, 0.5) is 0 Å². The van der Waals surface area contributed by atoms with Crippen LogP contribution in [0.15, 0.2) is 36.9 Å². The van der Waals surface area contributed by atoms with Gasteiger partial charge in [0.1, 0.15) is 25.0 Å². The minimum atomic E-state index is -0.0839. The molecule has 23 heavy (non-hydrogen) atoms. The highest BCUT2D eigenvalue weighted by Crippen LogP contribution is 2.29. The molecule has 4 rings (SSSR count). The molecule has 2 unspecified atom stereocenters. The Labute approximate surface area is 135 Å². The molecule has 0 spiro atoms. The molecule has 1 saturated heterocycles. The molecule has 2 aliphatic heterocycles. The number of carbonyl (C=O) groups is 1. The van der Waals surface area contributed by atoms with Gasteiger partial charge in [-0.25, -0.2) is 9.67 Å². The molecule has 2 aromatic rings. The molecule has 1 aromatic carbocycles. The molecular formula is C17H20N4O2. The Balaban J connectivity index is 1.45. The van der Waals surface area contributed by atoms with Gasteiger partial charge in [0.15, 0.2) is 0 Å². The van der Waals surface area contributed by atoms with Gasteiger partial charge >= 0.3 is 0 Å². The van der Waals surface area contributed by atoms with Crippen molar-refractivity contribution in [2.75, 3.05) is 19.7 Å². The van der Waals surface area contributed by atoms with Gasteiger partial charge in [-0.2, -0.15) is 5.10 Å². The Kier molecular flexibility index (Phi) is 3.73. The molecule has 0 aliphatic carbocycles. The number of fused-ring (bicyclic) bond motifs is 1. The summed E-state index contributed by atoms with van der Waals surface area (Å²) in [5, 5.41) is 4.22. The first kappa shape index (κ1) is 14.2. The summed E-state index contributed by atoms with van der Waals surface area (Å²) in [7, 11) is 0. The van der Waals surface area contributed by atoms with Gasteiger partial charge in [-0.1, -0.05) is 18.2 Å². The number of hydrogen-bond acceptors (Lipinski definition) is 4. The van der Waals surface area contributed by atoms with Gasteiger partial charge in [0.05, 0.1) is 12.0 Å². The van der Waals surface area contributed by atoms with Crippen LogP contribution in [0.1, 0.15) is 24.4 Å². The van der Waals surface area contributed by atoms with E-state index in [4.69, 9.17) is 4.74 Å². The Bertz CT molecular complexity index is 686. The molecule has 1 fully saturated rings. The summed E-state index contributed by atoms with van der Waals surface area (Å²) in [5.74, 6) is 1.03. The van der Waals surface area contributed by atoms with E-state index in [1.807, 2.05) is 33.8 Å². The van der Waals surface area contributed by atoms with Crippen LogP contribution in [0.2, 0.25) is 0 Å². The third-order valence-electron chi connectivity index (χ3n) is 4.75. The molecule has 0 radical (unpaired) electrons. The lowest BCUT2D eigenvalue weighted by molar-refractivity contribution is -0.138. The second-order valence-corrected chi connectivity index (χ2v) is 6.28. The number of benzene rings is 1. The number of aromatic nitrogens is 3. The fourth-order valence-corrected chi connectivity index (χ4v) is 3.52. The first-order chi connectivity index (χ1) is 11.3. The molecule has 0 N–H and O–H groups in total. The van der Waals surface area contributed by atoms with Gasteiger partial charge in [0.2, 0.25) is 5.91 Å². The minimum Gasteiger partial charge on any atom is -0.492 e. The number of likely N-dealkylation sites (tertiary alicyclic amines) is 1. The highest BCUT2D eigenvalue weighted by atomic mass is 16.5. The average Bonchev–Trinajstić information content (AvgIpc) is 3.15. The van der Waals surface area contributed by atoms with Crippen LogP contribution in [0.25, 0.3) is 0 Å². The highest BCUT2D eigenvalue weighted by Gasteiger charge is 2.32. The number of amides is 1. The number of hydrogen-bond donors (Lipinski definition) is 0. The van der Waals surface area contributed by atoms with Crippen molar-refractivity contribution in [3.05, 3.63) is 42.5 Å². The van der Waals surface area contributed by atoms with Crippen molar-refractivity contribution >= 4 is 5.91 Å². The zero-order valence-electron chi connectivity index (χ0n) is 13.0. The lowest BCUT2D eigenvalue weighted by atomic mass is 9.94. The zero-order valence-corrected chi connectivity index (χ0v) is 13.0. The van der Waals surface area contributed by atoms with E-state index in [1.54, 1.807) is 12.7 Å². The zero-order chi connectivity index (χ0) is 15.6. The maximum absolute atomic E-state index is 12.9. The Morgan fingerprint density at radius 1 is 1.30 bits per heavy atom. The molecule has 6 nitrogen and oxygen atoms in total. The van der Waals surface area contributed by atoms with E-state index in [0.29, 0.717) is 13.2 Å². The second kappa shape index (κ2) is 6.02. The van der Waals surface area contributed by atoms with Crippen LogP contribution in [0, 0.1) is 5.92 Å². The van der Waals surface area contributed by atoms with E-state index in [9.17, 15) is 4.79 Å². The molecule has 0 bridgehead atoms. The van der Waals surface area contributed by atoms with Crippen molar-refractivity contribution in [2.24, 2.45) is 5.92 Å². The Morgan fingerprint density at radius 3 is 3.09 bits per heavy atom. The number of nitrogens with zero attached hydrogens (tertiary/aromatic N) is 4. The quantitative estimate of drug-likeness (QED) is 0.847. The van der Waals surface area contributed by atoms with Gasteiger partial charge in [-0.15, -0.1) is 0 Å². The summed E-state index contributed by atoms with van der Waals surface area (Å²) in [6.07, 6.45) is 6.09. The number of para-hydroxylation sites is 1. The van der Waals surface area contributed by atoms with Crippen LogP contribution in [0.3, 0.4) is 0 Å². The number of ether oxygens (including phenoxy) is 1. The SMILES string of the molecule is O=C(C1COc2ccccc2C1)N1CCCC(n2cncn2)C1. The summed E-state index contributed by atoms with van der Waals surface area (Å²) in [5.41, 5.74) is 1.13. The molecule has 0 saturated carbocycles. The highest BCUT2D eigenvalue weighted by molar-refractivity contribution is 5.80. The van der Waals surface area contributed by atoms with Crippen molar-refractivity contribution in [3.8, 4) is 5.75 Å². The minimum absolute atomic E-state index is 0.0839. The van der Waals surface area contributed by atoms with Crippen LogP contribution >= 0.6 is 0 Å². The topological polar surface area (TPSA) is 60.2 Å². The predicted molar refractivity (Wildman–Crippen MR) is 84.0 cm³/mol. The summed E-state index contributed by atoms with van der Waals surface area (Å²) in [6.45, 7) is 2.00. The number of piperidine rings is 1. The summed E-state index contributed by atoms with van der Waals surface area (Å²) >= 11 is 0. The number of carbonyl (C=O) groups excluding carboxylic acids is 1. The third-order valence-corrected chi connectivity index (χ3v) is 4.75. The Morgan fingerprint density at radius 2 is 2.22 bits per heavy atom. The van der Waals surface area contributed by atoms with E-state index in [2.05, 4.69) is 10.1 Å². The fraction of sp³-hybridized carbons (Fsp3) is 0.471. The lowest BCUT2D eigenvalue weighted by Crippen LogP contribution is -2.46. The summed E-state index contributed by atoms with van der Waals surface area (Å²) in [4.78, 5) is 18.9. The number of rotatable bonds is 2. The molecule has 6 heteroatoms. The molecule has 3 heterocycles. The smallest absolute Gasteiger partial charge is 0.229 e.